The van der Waals surface area contributed by atoms with Crippen molar-refractivity contribution in [2.45, 2.75) is 26.5 Å². The summed E-state index contributed by atoms with van der Waals surface area (Å²) in [6, 6.07) is 11.7. The molecule has 0 spiro atoms. The van der Waals surface area contributed by atoms with E-state index in [9.17, 15) is 13.2 Å². The Balaban J connectivity index is 2.06. The maximum Gasteiger partial charge on any atom is 0.251 e. The third kappa shape index (κ3) is 6.49. The van der Waals surface area contributed by atoms with Crippen LogP contribution in [0.5, 0.6) is 11.5 Å². The molecule has 0 aliphatic carbocycles. The average Bonchev–Trinajstić information content (AvgIpc) is 2.58. The van der Waals surface area contributed by atoms with E-state index in [4.69, 9.17) is 9.47 Å². The van der Waals surface area contributed by atoms with Crippen LogP contribution in [0.2, 0.25) is 0 Å². The zero-order valence-corrected chi connectivity index (χ0v) is 16.6. The van der Waals surface area contributed by atoms with Gasteiger partial charge in [0.25, 0.3) is 5.91 Å². The molecule has 0 saturated carbocycles. The molecule has 2 N–H and O–H groups in total. The molecule has 8 heteroatoms. The Morgan fingerprint density at radius 2 is 1.85 bits per heavy atom. The summed E-state index contributed by atoms with van der Waals surface area (Å²) in [6.45, 7) is 4.15. The lowest BCUT2D eigenvalue weighted by atomic mass is 10.1. The lowest BCUT2D eigenvalue weighted by molar-refractivity contribution is 0.0951. The van der Waals surface area contributed by atoms with E-state index in [1.807, 2.05) is 19.9 Å². The van der Waals surface area contributed by atoms with Gasteiger partial charge < -0.3 is 14.8 Å². The predicted molar refractivity (Wildman–Crippen MR) is 105 cm³/mol. The number of hydrogen-bond donors (Lipinski definition) is 2. The zero-order chi connectivity index (χ0) is 20.0. The van der Waals surface area contributed by atoms with Gasteiger partial charge in [-0.25, -0.2) is 8.42 Å². The quantitative estimate of drug-likeness (QED) is 0.720. The van der Waals surface area contributed by atoms with Crippen molar-refractivity contribution in [1.29, 1.82) is 0 Å². The highest BCUT2D eigenvalue weighted by Gasteiger charge is 2.11. The van der Waals surface area contributed by atoms with E-state index >= 15 is 0 Å². The first-order valence-corrected chi connectivity index (χ1v) is 10.3. The molecule has 2 aromatic carbocycles. The van der Waals surface area contributed by atoms with Gasteiger partial charge in [-0.1, -0.05) is 12.1 Å². The molecule has 0 aliphatic rings. The molecule has 146 valence electrons. The van der Waals surface area contributed by atoms with Gasteiger partial charge in [0.15, 0.2) is 11.5 Å². The molecule has 7 nitrogen and oxygen atoms in total. The molecule has 0 saturated heterocycles. The number of methoxy groups -OCH3 is 1. The van der Waals surface area contributed by atoms with Crippen LogP contribution in [-0.2, 0) is 16.6 Å². The first kappa shape index (κ1) is 20.6. The van der Waals surface area contributed by atoms with E-state index in [2.05, 4.69) is 10.0 Å². The van der Waals surface area contributed by atoms with E-state index < -0.39 is 10.0 Å². The van der Waals surface area contributed by atoms with Gasteiger partial charge in [0, 0.05) is 17.8 Å². The molecule has 0 aliphatic heterocycles. The van der Waals surface area contributed by atoms with Crippen molar-refractivity contribution in [1.82, 2.24) is 5.32 Å². The highest BCUT2D eigenvalue weighted by atomic mass is 32.2. The Morgan fingerprint density at radius 1 is 1.11 bits per heavy atom. The van der Waals surface area contributed by atoms with Crippen LogP contribution < -0.4 is 19.5 Å². The number of carbonyl (C=O) groups excluding carboxylic acids is 1. The van der Waals surface area contributed by atoms with Gasteiger partial charge in [0.2, 0.25) is 10.0 Å². The lowest BCUT2D eigenvalue weighted by Crippen LogP contribution is -2.23. The van der Waals surface area contributed by atoms with E-state index in [1.54, 1.807) is 37.4 Å². The largest absolute Gasteiger partial charge is 0.493 e. The standard InChI is InChI=1S/C19H24N2O5S/c1-13(2)26-17-9-8-14(10-18(17)25-3)12-20-19(22)15-6-5-7-16(11-15)21-27(4,23)24/h5-11,13,21H,12H2,1-4H3,(H,20,22). The average molecular weight is 392 g/mol. The third-order valence-corrected chi connectivity index (χ3v) is 4.08. The van der Waals surface area contributed by atoms with E-state index in [0.717, 1.165) is 11.8 Å². The molecular formula is C19H24N2O5S. The number of sulfonamides is 1. The Kier molecular flexibility index (Phi) is 6.68. The first-order valence-electron chi connectivity index (χ1n) is 8.37. The number of ether oxygens (including phenoxy) is 2. The molecule has 0 unspecified atom stereocenters. The summed E-state index contributed by atoms with van der Waals surface area (Å²) in [5.74, 6) is 0.922. The van der Waals surface area contributed by atoms with Crippen LogP contribution in [0.15, 0.2) is 42.5 Å². The summed E-state index contributed by atoms with van der Waals surface area (Å²) in [5, 5.41) is 2.80. The van der Waals surface area contributed by atoms with Crippen molar-refractivity contribution >= 4 is 21.6 Å². The van der Waals surface area contributed by atoms with Gasteiger partial charge in [-0.05, 0) is 49.7 Å². The molecule has 1 amide bonds. The Bertz CT molecular complexity index is 910. The van der Waals surface area contributed by atoms with E-state index in [-0.39, 0.29) is 12.0 Å². The van der Waals surface area contributed by atoms with Crippen LogP contribution in [0.3, 0.4) is 0 Å². The second-order valence-electron chi connectivity index (χ2n) is 6.29. The van der Waals surface area contributed by atoms with Gasteiger partial charge in [-0.3, -0.25) is 9.52 Å². The maximum absolute atomic E-state index is 12.4. The Labute approximate surface area is 159 Å². The van der Waals surface area contributed by atoms with Crippen LogP contribution in [0, 0.1) is 0 Å². The van der Waals surface area contributed by atoms with Crippen LogP contribution in [-0.4, -0.2) is 33.8 Å². The van der Waals surface area contributed by atoms with Crippen molar-refractivity contribution in [3.05, 3.63) is 53.6 Å². The molecule has 0 heterocycles. The van der Waals surface area contributed by atoms with Crippen molar-refractivity contribution in [3.63, 3.8) is 0 Å². The summed E-state index contributed by atoms with van der Waals surface area (Å²) in [5.41, 5.74) is 1.54. The number of carbonyl (C=O) groups is 1. The fourth-order valence-electron chi connectivity index (χ4n) is 2.40. The normalized spacial score (nSPS) is 11.1. The summed E-state index contributed by atoms with van der Waals surface area (Å²) in [4.78, 5) is 12.4. The van der Waals surface area contributed by atoms with Gasteiger partial charge in [0.1, 0.15) is 0 Å². The van der Waals surface area contributed by atoms with Crippen LogP contribution in [0.25, 0.3) is 0 Å². The zero-order valence-electron chi connectivity index (χ0n) is 15.8. The number of rotatable bonds is 8. The minimum atomic E-state index is -3.40. The SMILES string of the molecule is COc1cc(CNC(=O)c2cccc(NS(C)(=O)=O)c2)ccc1OC(C)C. The van der Waals surface area contributed by atoms with Crippen molar-refractivity contribution in [3.8, 4) is 11.5 Å². The van der Waals surface area contributed by atoms with Gasteiger partial charge >= 0.3 is 0 Å². The summed E-state index contributed by atoms with van der Waals surface area (Å²) < 4.78 is 36.0. The van der Waals surface area contributed by atoms with E-state index in [1.165, 1.54) is 6.07 Å². The number of nitrogens with one attached hydrogen (secondary N) is 2. The fraction of sp³-hybridized carbons (Fsp3) is 0.316. The molecule has 0 radical (unpaired) electrons. The number of hydrogen-bond acceptors (Lipinski definition) is 5. The minimum Gasteiger partial charge on any atom is -0.493 e. The number of amides is 1. The van der Waals surface area contributed by atoms with Gasteiger partial charge in [-0.2, -0.15) is 0 Å². The summed E-state index contributed by atoms with van der Waals surface area (Å²) >= 11 is 0. The smallest absolute Gasteiger partial charge is 0.251 e. The first-order chi connectivity index (χ1) is 12.7. The summed E-state index contributed by atoms with van der Waals surface area (Å²) in [6.07, 6.45) is 1.08. The van der Waals surface area contributed by atoms with Gasteiger partial charge in [-0.15, -0.1) is 0 Å². The highest BCUT2D eigenvalue weighted by molar-refractivity contribution is 7.92. The molecule has 27 heavy (non-hydrogen) atoms. The number of anilines is 1. The molecule has 0 aromatic heterocycles. The van der Waals surface area contributed by atoms with Gasteiger partial charge in [0.05, 0.1) is 19.5 Å². The lowest BCUT2D eigenvalue weighted by Gasteiger charge is -2.15. The van der Waals surface area contributed by atoms with Crippen molar-refractivity contribution < 1.29 is 22.7 Å². The van der Waals surface area contributed by atoms with Crippen LogP contribution >= 0.6 is 0 Å². The molecule has 2 rings (SSSR count). The van der Waals surface area contributed by atoms with Crippen LogP contribution in [0.4, 0.5) is 5.69 Å². The predicted octanol–water partition coefficient (Wildman–Crippen LogP) is 2.78. The fourth-order valence-corrected chi connectivity index (χ4v) is 2.95. The van der Waals surface area contributed by atoms with Crippen LogP contribution in [0.1, 0.15) is 29.8 Å². The second kappa shape index (κ2) is 8.77. The van der Waals surface area contributed by atoms with Crippen molar-refractivity contribution in [2.24, 2.45) is 0 Å². The Hall–Kier alpha value is -2.74. The minimum absolute atomic E-state index is 0.0253. The molecule has 0 atom stereocenters. The molecular weight excluding hydrogens is 368 g/mol. The highest BCUT2D eigenvalue weighted by Crippen LogP contribution is 2.29. The van der Waals surface area contributed by atoms with Crippen molar-refractivity contribution in [2.75, 3.05) is 18.1 Å². The topological polar surface area (TPSA) is 93.7 Å². The monoisotopic (exact) mass is 392 g/mol. The maximum atomic E-state index is 12.4. The number of benzene rings is 2. The summed E-state index contributed by atoms with van der Waals surface area (Å²) in [7, 11) is -1.84. The van der Waals surface area contributed by atoms with E-state index in [0.29, 0.717) is 29.3 Å². The second-order valence-corrected chi connectivity index (χ2v) is 8.04. The third-order valence-electron chi connectivity index (χ3n) is 3.47. The Morgan fingerprint density at radius 3 is 2.48 bits per heavy atom. The molecule has 0 bridgehead atoms. The molecule has 0 fully saturated rings. The molecule has 2 aromatic rings.